The monoisotopic (exact) mass is 389 g/mol. The molecule has 0 saturated heterocycles. The summed E-state index contributed by atoms with van der Waals surface area (Å²) in [5, 5.41) is 0.899. The number of aromatic amines is 1. The Kier molecular flexibility index (Phi) is 4.28. The van der Waals surface area contributed by atoms with Gasteiger partial charge in [-0.15, -0.1) is 0 Å². The molecule has 5 nitrogen and oxygen atoms in total. The van der Waals surface area contributed by atoms with Crippen molar-refractivity contribution in [1.82, 2.24) is 14.8 Å². The zero-order valence-electron chi connectivity index (χ0n) is 15.8. The minimum Gasteiger partial charge on any atom is -0.361 e. The third-order valence-corrected chi connectivity index (χ3v) is 5.80. The Bertz CT molecular complexity index is 1130. The Balaban J connectivity index is 1.25. The second-order valence-corrected chi connectivity index (χ2v) is 7.48. The predicted molar refractivity (Wildman–Crippen MR) is 109 cm³/mol. The number of carbonyl (C=O) groups excluding carboxylic acids is 2. The van der Waals surface area contributed by atoms with Crippen molar-refractivity contribution in [2.24, 2.45) is 0 Å². The van der Waals surface area contributed by atoms with Crippen LogP contribution in [0.3, 0.4) is 0 Å². The highest BCUT2D eigenvalue weighted by atomic mass is 19.1. The van der Waals surface area contributed by atoms with Crippen LogP contribution in [0.25, 0.3) is 16.5 Å². The number of H-pyrrole nitrogens is 1. The maximum atomic E-state index is 13.6. The normalized spacial score (nSPS) is 17.1. The topological polar surface area (TPSA) is 56.4 Å². The number of hydrogen-bond acceptors (Lipinski definition) is 3. The first-order chi connectivity index (χ1) is 14.1. The number of halogens is 1. The lowest BCUT2D eigenvalue weighted by Gasteiger charge is -2.27. The van der Waals surface area contributed by atoms with E-state index in [2.05, 4.69) is 16.0 Å². The van der Waals surface area contributed by atoms with Gasteiger partial charge in [-0.05, 0) is 42.3 Å². The fraction of sp³-hybridized carbons (Fsp3) is 0.217. The highest BCUT2D eigenvalue weighted by molar-refractivity contribution is 6.21. The highest BCUT2D eigenvalue weighted by Gasteiger charge is 2.35. The van der Waals surface area contributed by atoms with E-state index in [1.165, 1.54) is 16.5 Å². The van der Waals surface area contributed by atoms with Crippen LogP contribution in [0.5, 0.6) is 0 Å². The molecule has 146 valence electrons. The molecule has 5 rings (SSSR count). The van der Waals surface area contributed by atoms with Gasteiger partial charge in [0.2, 0.25) is 0 Å². The predicted octanol–water partition coefficient (Wildman–Crippen LogP) is 3.69. The van der Waals surface area contributed by atoms with E-state index >= 15 is 0 Å². The van der Waals surface area contributed by atoms with Crippen LogP contribution in [0.1, 0.15) is 32.7 Å². The summed E-state index contributed by atoms with van der Waals surface area (Å²) in [7, 11) is 0. The number of hydrogen-bond donors (Lipinski definition) is 1. The van der Waals surface area contributed by atoms with Gasteiger partial charge in [-0.2, -0.15) is 0 Å². The Hall–Kier alpha value is -3.25. The second kappa shape index (κ2) is 6.97. The quantitative estimate of drug-likeness (QED) is 0.693. The molecular weight excluding hydrogens is 369 g/mol. The zero-order valence-corrected chi connectivity index (χ0v) is 15.8. The first-order valence-corrected chi connectivity index (χ1v) is 9.75. The zero-order chi connectivity index (χ0) is 20.0. The van der Waals surface area contributed by atoms with Crippen LogP contribution < -0.4 is 0 Å². The molecule has 3 heterocycles. The molecule has 29 heavy (non-hydrogen) atoms. The highest BCUT2D eigenvalue weighted by Crippen LogP contribution is 2.30. The first-order valence-electron chi connectivity index (χ1n) is 9.75. The van der Waals surface area contributed by atoms with Crippen molar-refractivity contribution >= 4 is 28.3 Å². The van der Waals surface area contributed by atoms with E-state index in [4.69, 9.17) is 0 Å². The minimum absolute atomic E-state index is 0.209. The van der Waals surface area contributed by atoms with Crippen LogP contribution in [0.15, 0.2) is 54.7 Å². The van der Waals surface area contributed by atoms with Crippen LogP contribution in [0.2, 0.25) is 0 Å². The molecule has 0 unspecified atom stereocenters. The molecule has 0 saturated carbocycles. The van der Waals surface area contributed by atoms with Gasteiger partial charge in [0.1, 0.15) is 5.82 Å². The van der Waals surface area contributed by atoms with Crippen LogP contribution in [-0.4, -0.2) is 52.8 Å². The standard InChI is InChI=1S/C23H20FN3O2/c24-16-5-6-21-19(13-16)20(14-25-21)15-7-9-26(10-8-15)11-12-27-22(28)17-3-1-2-4-18(17)23(27)29/h1-7,13-14,25H,8-12H2. The summed E-state index contributed by atoms with van der Waals surface area (Å²) in [6.07, 6.45) is 4.93. The van der Waals surface area contributed by atoms with Gasteiger partial charge in [-0.3, -0.25) is 19.4 Å². The third kappa shape index (κ3) is 3.06. The molecule has 1 N–H and O–H groups in total. The summed E-state index contributed by atoms with van der Waals surface area (Å²) in [5.41, 5.74) is 4.14. The molecule has 2 aliphatic rings. The van der Waals surface area contributed by atoms with Crippen molar-refractivity contribution in [3.8, 4) is 0 Å². The molecular formula is C23H20FN3O2. The number of nitrogens with one attached hydrogen (secondary N) is 1. The number of benzene rings is 2. The van der Waals surface area contributed by atoms with Gasteiger partial charge in [0, 0.05) is 48.8 Å². The number of fused-ring (bicyclic) bond motifs is 2. The molecule has 2 aliphatic heterocycles. The number of carbonyl (C=O) groups is 2. The fourth-order valence-corrected chi connectivity index (χ4v) is 4.20. The Labute approximate surface area is 167 Å². The van der Waals surface area contributed by atoms with Crippen molar-refractivity contribution in [3.63, 3.8) is 0 Å². The molecule has 0 atom stereocenters. The number of amides is 2. The van der Waals surface area contributed by atoms with Gasteiger partial charge in [-0.1, -0.05) is 18.2 Å². The van der Waals surface area contributed by atoms with E-state index in [9.17, 15) is 14.0 Å². The Morgan fingerprint density at radius 1 is 0.966 bits per heavy atom. The SMILES string of the molecule is O=C1c2ccccc2C(=O)N1CCN1CC=C(c2c[nH]c3ccc(F)cc23)CC1. The molecule has 0 fully saturated rings. The molecule has 0 aliphatic carbocycles. The van der Waals surface area contributed by atoms with Gasteiger partial charge in [-0.25, -0.2) is 4.39 Å². The summed E-state index contributed by atoms with van der Waals surface area (Å²) >= 11 is 0. The van der Waals surface area contributed by atoms with E-state index in [-0.39, 0.29) is 17.6 Å². The molecule has 3 aromatic rings. The summed E-state index contributed by atoms with van der Waals surface area (Å²) < 4.78 is 13.6. The van der Waals surface area contributed by atoms with Crippen LogP contribution in [0, 0.1) is 5.82 Å². The molecule has 0 bridgehead atoms. The number of aromatic nitrogens is 1. The van der Waals surface area contributed by atoms with Crippen molar-refractivity contribution in [1.29, 1.82) is 0 Å². The summed E-state index contributed by atoms with van der Waals surface area (Å²) in [6.45, 7) is 2.59. The summed E-state index contributed by atoms with van der Waals surface area (Å²) in [4.78, 5) is 31.7. The second-order valence-electron chi connectivity index (χ2n) is 7.48. The van der Waals surface area contributed by atoms with Crippen LogP contribution in [-0.2, 0) is 0 Å². The molecule has 0 radical (unpaired) electrons. The van der Waals surface area contributed by atoms with Gasteiger partial charge in [0.15, 0.2) is 0 Å². The van der Waals surface area contributed by atoms with E-state index < -0.39 is 0 Å². The molecule has 2 amide bonds. The van der Waals surface area contributed by atoms with Gasteiger partial charge >= 0.3 is 0 Å². The maximum absolute atomic E-state index is 13.6. The van der Waals surface area contributed by atoms with Crippen molar-refractivity contribution < 1.29 is 14.0 Å². The Morgan fingerprint density at radius 3 is 2.41 bits per heavy atom. The van der Waals surface area contributed by atoms with Crippen molar-refractivity contribution in [2.75, 3.05) is 26.2 Å². The van der Waals surface area contributed by atoms with Crippen LogP contribution >= 0.6 is 0 Å². The van der Waals surface area contributed by atoms with Crippen LogP contribution in [0.4, 0.5) is 4.39 Å². The average molecular weight is 389 g/mol. The Morgan fingerprint density at radius 2 is 1.72 bits per heavy atom. The molecule has 0 spiro atoms. The van der Waals surface area contributed by atoms with E-state index in [1.54, 1.807) is 36.4 Å². The number of rotatable bonds is 4. The van der Waals surface area contributed by atoms with Gasteiger partial charge < -0.3 is 4.98 Å². The lowest BCUT2D eigenvalue weighted by molar-refractivity contribution is 0.0638. The summed E-state index contributed by atoms with van der Waals surface area (Å²) in [6, 6.07) is 11.7. The van der Waals surface area contributed by atoms with E-state index in [0.717, 1.165) is 36.0 Å². The van der Waals surface area contributed by atoms with Gasteiger partial charge in [0.25, 0.3) is 11.8 Å². The smallest absolute Gasteiger partial charge is 0.261 e. The first kappa shape index (κ1) is 17.8. The lowest BCUT2D eigenvalue weighted by Crippen LogP contribution is -2.39. The average Bonchev–Trinajstić information content (AvgIpc) is 3.26. The fourth-order valence-electron chi connectivity index (χ4n) is 4.20. The minimum atomic E-state index is -0.239. The van der Waals surface area contributed by atoms with Crippen molar-refractivity contribution in [2.45, 2.75) is 6.42 Å². The number of imide groups is 1. The molecule has 2 aromatic carbocycles. The largest absolute Gasteiger partial charge is 0.361 e. The summed E-state index contributed by atoms with van der Waals surface area (Å²) in [5.74, 6) is -0.656. The van der Waals surface area contributed by atoms with E-state index in [0.29, 0.717) is 24.2 Å². The van der Waals surface area contributed by atoms with E-state index in [1.807, 2.05) is 6.20 Å². The maximum Gasteiger partial charge on any atom is 0.261 e. The number of nitrogens with zero attached hydrogens (tertiary/aromatic N) is 2. The lowest BCUT2D eigenvalue weighted by atomic mass is 9.99. The van der Waals surface area contributed by atoms with Gasteiger partial charge in [0.05, 0.1) is 11.1 Å². The third-order valence-electron chi connectivity index (χ3n) is 5.80. The van der Waals surface area contributed by atoms with Crippen molar-refractivity contribution in [3.05, 3.63) is 77.2 Å². The molecule has 6 heteroatoms. The molecule has 1 aromatic heterocycles.